The molecule has 0 radical (unpaired) electrons. The molecule has 0 bridgehead atoms. The minimum absolute atomic E-state index is 0.899. The van der Waals surface area contributed by atoms with Gasteiger partial charge in [0.1, 0.15) is 5.75 Å². The highest BCUT2D eigenvalue weighted by atomic mass is 16.5. The Balaban J connectivity index is 2.19. The first-order valence-electron chi connectivity index (χ1n) is 7.09. The van der Waals surface area contributed by atoms with Crippen LogP contribution in [0.5, 0.6) is 5.75 Å². The third-order valence-electron chi connectivity index (χ3n) is 3.68. The van der Waals surface area contributed by atoms with Gasteiger partial charge in [0.05, 0.1) is 7.11 Å². The van der Waals surface area contributed by atoms with Crippen molar-refractivity contribution in [2.45, 2.75) is 27.3 Å². The van der Waals surface area contributed by atoms with E-state index in [0.29, 0.717) is 0 Å². The number of rotatable bonds is 5. The molecule has 0 aliphatic carbocycles. The van der Waals surface area contributed by atoms with Crippen molar-refractivity contribution in [2.75, 3.05) is 18.6 Å². The van der Waals surface area contributed by atoms with Crippen molar-refractivity contribution in [3.8, 4) is 5.75 Å². The second-order valence-corrected chi connectivity index (χ2v) is 5.14. The lowest BCUT2D eigenvalue weighted by Crippen LogP contribution is -2.22. The lowest BCUT2D eigenvalue weighted by atomic mass is 10.1. The summed E-state index contributed by atoms with van der Waals surface area (Å²) in [5.74, 6) is 0.899. The average Bonchev–Trinajstić information content (AvgIpc) is 2.47. The molecule has 0 unspecified atom stereocenters. The number of hydrogen-bond donors (Lipinski definition) is 0. The van der Waals surface area contributed by atoms with E-state index in [-0.39, 0.29) is 0 Å². The van der Waals surface area contributed by atoms with E-state index in [1.165, 1.54) is 22.4 Å². The Morgan fingerprint density at radius 3 is 2.25 bits per heavy atom. The molecule has 0 amide bonds. The van der Waals surface area contributed by atoms with Crippen LogP contribution in [0, 0.1) is 13.8 Å². The molecule has 0 fully saturated rings. The smallest absolute Gasteiger partial charge is 0.119 e. The standard InChI is InChI=1S/C18H23NO/c1-5-19(17-8-10-18(20-4)11-9-17)13-16-7-6-14(2)12-15(16)3/h6-12H,5,13H2,1-4H3. The maximum absolute atomic E-state index is 5.21. The molecule has 0 heterocycles. The number of ether oxygens (including phenoxy) is 1. The van der Waals surface area contributed by atoms with Crippen LogP contribution in [0.2, 0.25) is 0 Å². The number of anilines is 1. The van der Waals surface area contributed by atoms with Crippen molar-refractivity contribution >= 4 is 5.69 Å². The molecule has 0 aromatic heterocycles. The van der Waals surface area contributed by atoms with Gasteiger partial charge >= 0.3 is 0 Å². The Bertz CT molecular complexity index is 560. The molecule has 0 saturated heterocycles. The molecule has 2 rings (SSSR count). The summed E-state index contributed by atoms with van der Waals surface area (Å²) in [6.45, 7) is 8.43. The summed E-state index contributed by atoms with van der Waals surface area (Å²) < 4.78 is 5.21. The molecule has 2 aromatic carbocycles. The van der Waals surface area contributed by atoms with Gasteiger partial charge in [0.15, 0.2) is 0 Å². The number of benzene rings is 2. The molecule has 0 atom stereocenters. The third-order valence-corrected chi connectivity index (χ3v) is 3.68. The average molecular weight is 269 g/mol. The van der Waals surface area contributed by atoms with Gasteiger partial charge in [0.25, 0.3) is 0 Å². The SMILES string of the molecule is CCN(Cc1ccc(C)cc1C)c1ccc(OC)cc1. The minimum atomic E-state index is 0.899. The Morgan fingerprint density at radius 2 is 1.70 bits per heavy atom. The van der Waals surface area contributed by atoms with E-state index in [1.54, 1.807) is 7.11 Å². The molecule has 0 saturated carbocycles. The number of methoxy groups -OCH3 is 1. The highest BCUT2D eigenvalue weighted by Gasteiger charge is 2.07. The van der Waals surface area contributed by atoms with E-state index in [2.05, 4.69) is 56.0 Å². The van der Waals surface area contributed by atoms with E-state index < -0.39 is 0 Å². The predicted octanol–water partition coefficient (Wildman–Crippen LogP) is 4.34. The predicted molar refractivity (Wildman–Crippen MR) is 85.6 cm³/mol. The zero-order valence-electron chi connectivity index (χ0n) is 12.8. The molecule has 0 aliphatic heterocycles. The molecule has 2 heteroatoms. The summed E-state index contributed by atoms with van der Waals surface area (Å²) in [6, 6.07) is 14.9. The zero-order chi connectivity index (χ0) is 14.5. The number of hydrogen-bond acceptors (Lipinski definition) is 2. The maximum atomic E-state index is 5.21. The fourth-order valence-electron chi connectivity index (χ4n) is 2.41. The molecule has 2 aromatic rings. The Morgan fingerprint density at radius 1 is 1.00 bits per heavy atom. The number of aryl methyl sites for hydroxylation is 2. The van der Waals surface area contributed by atoms with Gasteiger partial charge in [-0.15, -0.1) is 0 Å². The van der Waals surface area contributed by atoms with Crippen LogP contribution < -0.4 is 9.64 Å². The quantitative estimate of drug-likeness (QED) is 0.800. The third kappa shape index (κ3) is 3.32. The van der Waals surface area contributed by atoms with Gasteiger partial charge in [-0.25, -0.2) is 0 Å². The molecular weight excluding hydrogens is 246 g/mol. The fourth-order valence-corrected chi connectivity index (χ4v) is 2.41. The summed E-state index contributed by atoms with van der Waals surface area (Å²) in [6.07, 6.45) is 0. The van der Waals surface area contributed by atoms with Crippen LogP contribution in [-0.2, 0) is 6.54 Å². The van der Waals surface area contributed by atoms with Crippen LogP contribution in [0.15, 0.2) is 42.5 Å². The van der Waals surface area contributed by atoms with Crippen LogP contribution in [0.3, 0.4) is 0 Å². The van der Waals surface area contributed by atoms with Crippen molar-refractivity contribution in [3.63, 3.8) is 0 Å². The van der Waals surface area contributed by atoms with Crippen LogP contribution in [-0.4, -0.2) is 13.7 Å². The molecule has 20 heavy (non-hydrogen) atoms. The zero-order valence-corrected chi connectivity index (χ0v) is 12.8. The Kier molecular flexibility index (Phi) is 4.67. The maximum Gasteiger partial charge on any atom is 0.119 e. The van der Waals surface area contributed by atoms with E-state index in [4.69, 9.17) is 4.74 Å². The second-order valence-electron chi connectivity index (χ2n) is 5.14. The molecule has 0 spiro atoms. The second kappa shape index (κ2) is 6.47. The molecular formula is C18H23NO. The summed E-state index contributed by atoms with van der Waals surface area (Å²) in [7, 11) is 1.70. The summed E-state index contributed by atoms with van der Waals surface area (Å²) in [4.78, 5) is 2.37. The van der Waals surface area contributed by atoms with E-state index in [1.807, 2.05) is 12.1 Å². The first kappa shape index (κ1) is 14.4. The highest BCUT2D eigenvalue weighted by Crippen LogP contribution is 2.22. The summed E-state index contributed by atoms with van der Waals surface area (Å²) in [5.41, 5.74) is 5.29. The first-order chi connectivity index (χ1) is 9.63. The van der Waals surface area contributed by atoms with Crippen LogP contribution in [0.25, 0.3) is 0 Å². The normalized spacial score (nSPS) is 10.4. The summed E-state index contributed by atoms with van der Waals surface area (Å²) in [5, 5.41) is 0. The van der Waals surface area contributed by atoms with Gasteiger partial charge in [-0.3, -0.25) is 0 Å². The Labute approximate surface area is 122 Å². The van der Waals surface area contributed by atoms with Crippen molar-refractivity contribution in [1.82, 2.24) is 0 Å². The van der Waals surface area contributed by atoms with E-state index in [9.17, 15) is 0 Å². The van der Waals surface area contributed by atoms with Crippen molar-refractivity contribution in [1.29, 1.82) is 0 Å². The molecule has 0 aliphatic rings. The van der Waals surface area contributed by atoms with Gasteiger partial charge in [0, 0.05) is 18.8 Å². The topological polar surface area (TPSA) is 12.5 Å². The van der Waals surface area contributed by atoms with E-state index in [0.717, 1.165) is 18.8 Å². The largest absolute Gasteiger partial charge is 0.497 e. The van der Waals surface area contributed by atoms with Gasteiger partial charge in [-0.1, -0.05) is 23.8 Å². The lowest BCUT2D eigenvalue weighted by molar-refractivity contribution is 0.415. The first-order valence-corrected chi connectivity index (χ1v) is 7.09. The van der Waals surface area contributed by atoms with Gasteiger partial charge < -0.3 is 9.64 Å². The highest BCUT2D eigenvalue weighted by molar-refractivity contribution is 5.50. The van der Waals surface area contributed by atoms with Gasteiger partial charge in [-0.05, 0) is 56.2 Å². The van der Waals surface area contributed by atoms with Crippen LogP contribution in [0.1, 0.15) is 23.6 Å². The van der Waals surface area contributed by atoms with Crippen LogP contribution >= 0.6 is 0 Å². The number of nitrogens with zero attached hydrogens (tertiary/aromatic N) is 1. The van der Waals surface area contributed by atoms with E-state index >= 15 is 0 Å². The van der Waals surface area contributed by atoms with Crippen molar-refractivity contribution in [3.05, 3.63) is 59.2 Å². The molecule has 0 N–H and O–H groups in total. The lowest BCUT2D eigenvalue weighted by Gasteiger charge is -2.24. The van der Waals surface area contributed by atoms with Crippen molar-refractivity contribution in [2.24, 2.45) is 0 Å². The monoisotopic (exact) mass is 269 g/mol. The summed E-state index contributed by atoms with van der Waals surface area (Å²) >= 11 is 0. The van der Waals surface area contributed by atoms with Gasteiger partial charge in [0.2, 0.25) is 0 Å². The Hall–Kier alpha value is -1.96. The van der Waals surface area contributed by atoms with Gasteiger partial charge in [-0.2, -0.15) is 0 Å². The fraction of sp³-hybridized carbons (Fsp3) is 0.333. The minimum Gasteiger partial charge on any atom is -0.497 e. The van der Waals surface area contributed by atoms with Crippen molar-refractivity contribution < 1.29 is 4.74 Å². The molecule has 2 nitrogen and oxygen atoms in total. The van der Waals surface area contributed by atoms with Crippen LogP contribution in [0.4, 0.5) is 5.69 Å². The molecule has 106 valence electrons.